The van der Waals surface area contributed by atoms with Crippen LogP contribution in [0.2, 0.25) is 0 Å². The standard InChI is InChI=1S/C21H37N5O.HI/c1-18-8-7-9-20(16-18)27-19(2)17-24-21(22-3)23-10-5-6-11-26-14-12-25(4)13-15-26;/h7-9,16,19H,5-6,10-15,17H2,1-4H3,(H2,22,23,24);1H. The topological polar surface area (TPSA) is 52.1 Å². The van der Waals surface area contributed by atoms with Crippen LogP contribution in [0.3, 0.4) is 0 Å². The quantitative estimate of drug-likeness (QED) is 0.235. The molecule has 1 heterocycles. The van der Waals surface area contributed by atoms with Crippen molar-refractivity contribution in [3.8, 4) is 5.75 Å². The van der Waals surface area contributed by atoms with Crippen molar-refractivity contribution in [2.75, 3.05) is 59.9 Å². The van der Waals surface area contributed by atoms with Crippen LogP contribution in [0.25, 0.3) is 0 Å². The summed E-state index contributed by atoms with van der Waals surface area (Å²) in [5.41, 5.74) is 1.21. The van der Waals surface area contributed by atoms with Gasteiger partial charge in [-0.25, -0.2) is 0 Å². The van der Waals surface area contributed by atoms with Gasteiger partial charge in [-0.15, -0.1) is 24.0 Å². The molecular formula is C21H38IN5O. The van der Waals surface area contributed by atoms with Crippen molar-refractivity contribution in [2.45, 2.75) is 32.8 Å². The van der Waals surface area contributed by atoms with Gasteiger partial charge in [0.1, 0.15) is 11.9 Å². The highest BCUT2D eigenvalue weighted by molar-refractivity contribution is 14.0. The van der Waals surface area contributed by atoms with E-state index in [4.69, 9.17) is 4.74 Å². The van der Waals surface area contributed by atoms with Gasteiger partial charge in [-0.05, 0) is 58.0 Å². The van der Waals surface area contributed by atoms with E-state index in [1.165, 1.54) is 44.7 Å². The number of piperazine rings is 1. The Labute approximate surface area is 188 Å². The van der Waals surface area contributed by atoms with E-state index in [2.05, 4.69) is 58.5 Å². The molecule has 0 radical (unpaired) electrons. The largest absolute Gasteiger partial charge is 0.489 e. The molecule has 0 spiro atoms. The number of halogens is 1. The van der Waals surface area contributed by atoms with Crippen LogP contribution in [-0.4, -0.2) is 81.8 Å². The van der Waals surface area contributed by atoms with E-state index in [9.17, 15) is 0 Å². The molecule has 0 aromatic heterocycles. The predicted octanol–water partition coefficient (Wildman–Crippen LogP) is 2.57. The molecule has 1 aromatic rings. The number of guanidine groups is 1. The van der Waals surface area contributed by atoms with Crippen molar-refractivity contribution in [3.63, 3.8) is 0 Å². The number of unbranched alkanes of at least 4 members (excludes halogenated alkanes) is 1. The van der Waals surface area contributed by atoms with Crippen LogP contribution in [-0.2, 0) is 0 Å². The molecule has 0 amide bonds. The summed E-state index contributed by atoms with van der Waals surface area (Å²) in [5, 5.41) is 6.75. The fraction of sp³-hybridized carbons (Fsp3) is 0.667. The normalized spacial score (nSPS) is 16.9. The van der Waals surface area contributed by atoms with Crippen LogP contribution in [0, 0.1) is 6.92 Å². The Morgan fingerprint density at radius 3 is 2.61 bits per heavy atom. The number of aliphatic imine (C=N–C) groups is 1. The molecule has 0 aliphatic carbocycles. The summed E-state index contributed by atoms with van der Waals surface area (Å²) in [4.78, 5) is 9.27. The third kappa shape index (κ3) is 9.93. The molecular weight excluding hydrogens is 465 g/mol. The number of ether oxygens (including phenoxy) is 1. The minimum absolute atomic E-state index is 0. The van der Waals surface area contributed by atoms with E-state index in [-0.39, 0.29) is 30.1 Å². The lowest BCUT2D eigenvalue weighted by Gasteiger charge is -2.32. The molecule has 160 valence electrons. The molecule has 1 unspecified atom stereocenters. The number of benzene rings is 1. The lowest BCUT2D eigenvalue weighted by atomic mass is 10.2. The van der Waals surface area contributed by atoms with Gasteiger partial charge >= 0.3 is 0 Å². The Hall–Kier alpha value is -1.06. The van der Waals surface area contributed by atoms with Crippen LogP contribution in [0.15, 0.2) is 29.3 Å². The van der Waals surface area contributed by atoms with Gasteiger partial charge in [-0.1, -0.05) is 12.1 Å². The molecule has 28 heavy (non-hydrogen) atoms. The summed E-state index contributed by atoms with van der Waals surface area (Å²) < 4.78 is 5.95. The highest BCUT2D eigenvalue weighted by Crippen LogP contribution is 2.13. The lowest BCUT2D eigenvalue weighted by molar-refractivity contribution is 0.152. The number of nitrogens with one attached hydrogen (secondary N) is 2. The Bertz CT molecular complexity index is 576. The van der Waals surface area contributed by atoms with Crippen LogP contribution < -0.4 is 15.4 Å². The van der Waals surface area contributed by atoms with Crippen molar-refractivity contribution in [3.05, 3.63) is 29.8 Å². The van der Waals surface area contributed by atoms with E-state index >= 15 is 0 Å². The summed E-state index contributed by atoms with van der Waals surface area (Å²) in [6.07, 6.45) is 2.45. The molecule has 2 rings (SSSR count). The van der Waals surface area contributed by atoms with Crippen molar-refractivity contribution in [1.29, 1.82) is 0 Å². The van der Waals surface area contributed by atoms with E-state index in [1.54, 1.807) is 0 Å². The SMILES string of the molecule is CN=C(NCCCCN1CCN(C)CC1)NCC(C)Oc1cccc(C)c1.I. The molecule has 1 fully saturated rings. The first-order chi connectivity index (χ1) is 13.1. The summed E-state index contributed by atoms with van der Waals surface area (Å²) in [6, 6.07) is 8.15. The van der Waals surface area contributed by atoms with Crippen molar-refractivity contribution in [2.24, 2.45) is 4.99 Å². The van der Waals surface area contributed by atoms with Gasteiger partial charge < -0.3 is 25.2 Å². The number of aryl methyl sites for hydroxylation is 1. The zero-order valence-corrected chi connectivity index (χ0v) is 20.2. The fourth-order valence-electron chi connectivity index (χ4n) is 3.16. The van der Waals surface area contributed by atoms with Gasteiger partial charge in [0.15, 0.2) is 5.96 Å². The summed E-state index contributed by atoms with van der Waals surface area (Å²) in [6.45, 7) is 11.8. The number of rotatable bonds is 9. The van der Waals surface area contributed by atoms with Gasteiger partial charge in [0.05, 0.1) is 6.54 Å². The number of nitrogens with zero attached hydrogens (tertiary/aromatic N) is 3. The Kier molecular flexibility index (Phi) is 12.5. The minimum Gasteiger partial charge on any atom is -0.489 e. The second-order valence-electron chi connectivity index (χ2n) is 7.48. The van der Waals surface area contributed by atoms with Gasteiger partial charge in [0.2, 0.25) is 0 Å². The van der Waals surface area contributed by atoms with E-state index < -0.39 is 0 Å². The van der Waals surface area contributed by atoms with Crippen molar-refractivity contribution >= 4 is 29.9 Å². The summed E-state index contributed by atoms with van der Waals surface area (Å²) in [7, 11) is 4.01. The third-order valence-corrected chi connectivity index (χ3v) is 4.90. The average Bonchev–Trinajstić information content (AvgIpc) is 2.65. The summed E-state index contributed by atoms with van der Waals surface area (Å²) >= 11 is 0. The monoisotopic (exact) mass is 503 g/mol. The lowest BCUT2D eigenvalue weighted by Crippen LogP contribution is -2.45. The molecule has 1 aromatic carbocycles. The van der Waals surface area contributed by atoms with Gasteiger partial charge in [0, 0.05) is 39.8 Å². The molecule has 7 heteroatoms. The first-order valence-electron chi connectivity index (χ1n) is 10.2. The Morgan fingerprint density at radius 1 is 1.18 bits per heavy atom. The first kappa shape index (κ1) is 25.0. The first-order valence-corrected chi connectivity index (χ1v) is 10.2. The maximum absolute atomic E-state index is 5.95. The zero-order chi connectivity index (χ0) is 19.5. The van der Waals surface area contributed by atoms with E-state index in [1.807, 2.05) is 19.2 Å². The maximum atomic E-state index is 5.95. The second-order valence-corrected chi connectivity index (χ2v) is 7.48. The molecule has 1 saturated heterocycles. The molecule has 1 aliphatic heterocycles. The van der Waals surface area contributed by atoms with Gasteiger partial charge in [-0.2, -0.15) is 0 Å². The van der Waals surface area contributed by atoms with E-state index in [0.29, 0.717) is 0 Å². The van der Waals surface area contributed by atoms with Gasteiger partial charge in [-0.3, -0.25) is 4.99 Å². The van der Waals surface area contributed by atoms with Crippen LogP contribution >= 0.6 is 24.0 Å². The molecule has 1 aliphatic rings. The second kappa shape index (κ2) is 14.0. The smallest absolute Gasteiger partial charge is 0.191 e. The fourth-order valence-corrected chi connectivity index (χ4v) is 3.16. The van der Waals surface area contributed by atoms with Gasteiger partial charge in [0.25, 0.3) is 0 Å². The molecule has 0 bridgehead atoms. The number of likely N-dealkylation sites (N-methyl/N-ethyl adjacent to an activating group) is 1. The van der Waals surface area contributed by atoms with Crippen LogP contribution in [0.4, 0.5) is 0 Å². The predicted molar refractivity (Wildman–Crippen MR) is 129 cm³/mol. The Balaban J connectivity index is 0.00000392. The molecule has 1 atom stereocenters. The minimum atomic E-state index is 0. The van der Waals surface area contributed by atoms with Crippen LogP contribution in [0.5, 0.6) is 5.75 Å². The maximum Gasteiger partial charge on any atom is 0.191 e. The number of hydrogen-bond acceptors (Lipinski definition) is 4. The molecule has 0 saturated carbocycles. The number of hydrogen-bond donors (Lipinski definition) is 2. The third-order valence-electron chi connectivity index (χ3n) is 4.90. The average molecular weight is 503 g/mol. The molecule has 2 N–H and O–H groups in total. The highest BCUT2D eigenvalue weighted by atomic mass is 127. The van der Waals surface area contributed by atoms with E-state index in [0.717, 1.165) is 31.2 Å². The van der Waals surface area contributed by atoms with Crippen molar-refractivity contribution in [1.82, 2.24) is 20.4 Å². The zero-order valence-electron chi connectivity index (χ0n) is 17.9. The highest BCUT2D eigenvalue weighted by Gasteiger charge is 2.12. The molecule has 6 nitrogen and oxygen atoms in total. The Morgan fingerprint density at radius 2 is 1.93 bits per heavy atom. The summed E-state index contributed by atoms with van der Waals surface area (Å²) in [5.74, 6) is 1.76. The van der Waals surface area contributed by atoms with Crippen molar-refractivity contribution < 1.29 is 4.74 Å². The van der Waals surface area contributed by atoms with Crippen LogP contribution in [0.1, 0.15) is 25.3 Å².